The minimum absolute atomic E-state index is 0.467. The van der Waals surface area contributed by atoms with Crippen molar-refractivity contribution < 1.29 is 4.74 Å². The van der Waals surface area contributed by atoms with Gasteiger partial charge in [0, 0.05) is 11.5 Å². The summed E-state index contributed by atoms with van der Waals surface area (Å²) >= 11 is 0. The quantitative estimate of drug-likeness (QED) is 0.825. The van der Waals surface area contributed by atoms with Gasteiger partial charge >= 0.3 is 0 Å². The van der Waals surface area contributed by atoms with Crippen molar-refractivity contribution in [1.82, 2.24) is 5.32 Å². The van der Waals surface area contributed by atoms with Crippen LogP contribution in [0.1, 0.15) is 78.1 Å². The van der Waals surface area contributed by atoms with E-state index in [1.807, 2.05) is 0 Å². The summed E-state index contributed by atoms with van der Waals surface area (Å²) in [7, 11) is 2.15. The van der Waals surface area contributed by atoms with Crippen LogP contribution in [0.3, 0.4) is 0 Å². The number of rotatable bonds is 3. The summed E-state index contributed by atoms with van der Waals surface area (Å²) < 4.78 is 6.71. The van der Waals surface area contributed by atoms with Crippen LogP contribution in [0.25, 0.3) is 0 Å². The summed E-state index contributed by atoms with van der Waals surface area (Å²) in [5, 5.41) is 3.59. The Morgan fingerprint density at radius 3 is 2.05 bits per heavy atom. The van der Waals surface area contributed by atoms with Crippen molar-refractivity contribution in [2.75, 3.05) is 7.05 Å². The lowest BCUT2D eigenvalue weighted by molar-refractivity contribution is -0.179. The molecule has 3 saturated carbocycles. The highest BCUT2D eigenvalue weighted by molar-refractivity contribution is 5.08. The zero-order valence-corrected chi connectivity index (χ0v) is 14.4. The van der Waals surface area contributed by atoms with Crippen LogP contribution in [0.2, 0.25) is 0 Å². The Morgan fingerprint density at radius 2 is 1.48 bits per heavy atom. The molecule has 21 heavy (non-hydrogen) atoms. The Kier molecular flexibility index (Phi) is 4.95. The summed E-state index contributed by atoms with van der Waals surface area (Å²) in [6, 6.07) is 0.707. The van der Waals surface area contributed by atoms with Gasteiger partial charge in [0.2, 0.25) is 0 Å². The van der Waals surface area contributed by atoms with Gasteiger partial charge in [0.1, 0.15) is 0 Å². The van der Waals surface area contributed by atoms with Crippen molar-refractivity contribution in [1.29, 1.82) is 0 Å². The third-order valence-electron chi connectivity index (χ3n) is 6.66. The molecule has 3 rings (SSSR count). The number of nitrogens with one attached hydrogen (secondary N) is 1. The standard InChI is InChI=1S/C19H35NO/c1-14-10-15(2)12-16(11-14)21-18-13-17(20-3)19(18)8-6-4-5-7-9-19/h14-18,20H,4-13H2,1-3H3. The van der Waals surface area contributed by atoms with E-state index in [1.54, 1.807) is 0 Å². The minimum Gasteiger partial charge on any atom is -0.374 e. The van der Waals surface area contributed by atoms with Crippen molar-refractivity contribution >= 4 is 0 Å². The van der Waals surface area contributed by atoms with Crippen LogP contribution in [0, 0.1) is 17.3 Å². The fraction of sp³-hybridized carbons (Fsp3) is 1.00. The van der Waals surface area contributed by atoms with E-state index in [4.69, 9.17) is 4.74 Å². The van der Waals surface area contributed by atoms with E-state index in [1.165, 1.54) is 64.2 Å². The van der Waals surface area contributed by atoms with Gasteiger partial charge in [-0.05, 0) is 57.4 Å². The maximum absolute atomic E-state index is 6.71. The molecule has 4 unspecified atom stereocenters. The van der Waals surface area contributed by atoms with Crippen molar-refractivity contribution in [3.05, 3.63) is 0 Å². The topological polar surface area (TPSA) is 21.3 Å². The Labute approximate surface area is 131 Å². The van der Waals surface area contributed by atoms with Gasteiger partial charge in [-0.3, -0.25) is 0 Å². The van der Waals surface area contributed by atoms with Crippen molar-refractivity contribution in [2.45, 2.75) is 96.3 Å². The SMILES string of the molecule is CNC1CC(OC2CC(C)CC(C)C2)C12CCCCCC2. The van der Waals surface area contributed by atoms with Crippen LogP contribution in [-0.2, 0) is 4.74 Å². The zero-order chi connectivity index (χ0) is 14.9. The normalized spacial score (nSPS) is 43.3. The molecule has 122 valence electrons. The molecule has 2 heteroatoms. The van der Waals surface area contributed by atoms with E-state index in [9.17, 15) is 0 Å². The summed E-state index contributed by atoms with van der Waals surface area (Å²) in [5.41, 5.74) is 0.467. The predicted octanol–water partition coefficient (Wildman–Crippen LogP) is 4.53. The van der Waals surface area contributed by atoms with Crippen LogP contribution >= 0.6 is 0 Å². The van der Waals surface area contributed by atoms with E-state index < -0.39 is 0 Å². The number of hydrogen-bond acceptors (Lipinski definition) is 2. The average Bonchev–Trinajstić information content (AvgIpc) is 2.69. The van der Waals surface area contributed by atoms with Gasteiger partial charge in [0.05, 0.1) is 12.2 Å². The lowest BCUT2D eigenvalue weighted by Crippen LogP contribution is -2.63. The van der Waals surface area contributed by atoms with Crippen molar-refractivity contribution in [2.24, 2.45) is 17.3 Å². The average molecular weight is 293 g/mol. The Bertz CT molecular complexity index is 324. The van der Waals surface area contributed by atoms with Crippen molar-refractivity contribution in [3.63, 3.8) is 0 Å². The molecule has 0 aromatic heterocycles. The Morgan fingerprint density at radius 1 is 0.857 bits per heavy atom. The Hall–Kier alpha value is -0.0800. The molecule has 1 N–H and O–H groups in total. The van der Waals surface area contributed by atoms with Gasteiger partial charge in [-0.1, -0.05) is 39.5 Å². The summed E-state index contributed by atoms with van der Waals surface area (Å²) in [4.78, 5) is 0. The van der Waals surface area contributed by atoms with E-state index >= 15 is 0 Å². The highest BCUT2D eigenvalue weighted by atomic mass is 16.5. The van der Waals surface area contributed by atoms with Gasteiger partial charge < -0.3 is 10.1 Å². The van der Waals surface area contributed by atoms with Gasteiger partial charge in [-0.25, -0.2) is 0 Å². The molecule has 3 aliphatic carbocycles. The van der Waals surface area contributed by atoms with Crippen LogP contribution in [-0.4, -0.2) is 25.3 Å². The second kappa shape index (κ2) is 6.58. The van der Waals surface area contributed by atoms with Crippen LogP contribution in [0.5, 0.6) is 0 Å². The van der Waals surface area contributed by atoms with E-state index in [-0.39, 0.29) is 0 Å². The third kappa shape index (κ3) is 3.17. The molecule has 0 radical (unpaired) electrons. The van der Waals surface area contributed by atoms with E-state index in [0.717, 1.165) is 11.8 Å². The summed E-state index contributed by atoms with van der Waals surface area (Å²) in [6.45, 7) is 4.81. The molecular formula is C19H35NO. The fourth-order valence-electron chi connectivity index (χ4n) is 5.62. The molecular weight excluding hydrogens is 258 g/mol. The molecule has 3 fully saturated rings. The van der Waals surface area contributed by atoms with E-state index in [0.29, 0.717) is 23.7 Å². The molecule has 0 saturated heterocycles. The second-order valence-electron chi connectivity index (χ2n) is 8.39. The highest BCUT2D eigenvalue weighted by Gasteiger charge is 2.55. The minimum atomic E-state index is 0.467. The first-order valence-electron chi connectivity index (χ1n) is 9.47. The monoisotopic (exact) mass is 293 g/mol. The van der Waals surface area contributed by atoms with Gasteiger partial charge in [-0.2, -0.15) is 0 Å². The molecule has 2 nitrogen and oxygen atoms in total. The van der Waals surface area contributed by atoms with Crippen LogP contribution in [0.15, 0.2) is 0 Å². The van der Waals surface area contributed by atoms with Gasteiger partial charge in [0.25, 0.3) is 0 Å². The molecule has 0 amide bonds. The highest BCUT2D eigenvalue weighted by Crippen LogP contribution is 2.53. The fourth-order valence-corrected chi connectivity index (χ4v) is 5.62. The maximum Gasteiger partial charge on any atom is 0.0665 e. The largest absolute Gasteiger partial charge is 0.374 e. The van der Waals surface area contributed by atoms with Crippen LogP contribution < -0.4 is 5.32 Å². The third-order valence-corrected chi connectivity index (χ3v) is 6.66. The molecule has 3 aliphatic rings. The predicted molar refractivity (Wildman–Crippen MR) is 88.4 cm³/mol. The first kappa shape index (κ1) is 15.8. The van der Waals surface area contributed by atoms with Gasteiger partial charge in [0.15, 0.2) is 0 Å². The van der Waals surface area contributed by atoms with Crippen molar-refractivity contribution in [3.8, 4) is 0 Å². The molecule has 0 aliphatic heterocycles. The lowest BCUT2D eigenvalue weighted by atomic mass is 9.57. The second-order valence-corrected chi connectivity index (χ2v) is 8.39. The van der Waals surface area contributed by atoms with Crippen LogP contribution in [0.4, 0.5) is 0 Å². The molecule has 4 atom stereocenters. The van der Waals surface area contributed by atoms with Gasteiger partial charge in [-0.15, -0.1) is 0 Å². The molecule has 0 heterocycles. The smallest absolute Gasteiger partial charge is 0.0665 e. The lowest BCUT2D eigenvalue weighted by Gasteiger charge is -2.57. The first-order valence-corrected chi connectivity index (χ1v) is 9.47. The maximum atomic E-state index is 6.71. The number of ether oxygens (including phenoxy) is 1. The Balaban J connectivity index is 1.64. The first-order chi connectivity index (χ1) is 10.1. The molecule has 0 bridgehead atoms. The molecule has 0 aromatic rings. The molecule has 1 spiro atoms. The number of hydrogen-bond donors (Lipinski definition) is 1. The molecule has 0 aromatic carbocycles. The summed E-state index contributed by atoms with van der Waals surface area (Å²) in [5.74, 6) is 1.70. The summed E-state index contributed by atoms with van der Waals surface area (Å²) in [6.07, 6.45) is 14.8. The van der Waals surface area contributed by atoms with E-state index in [2.05, 4.69) is 26.2 Å². The zero-order valence-electron chi connectivity index (χ0n) is 14.4.